The van der Waals surface area contributed by atoms with E-state index in [-0.39, 0.29) is 12.0 Å². The van der Waals surface area contributed by atoms with Gasteiger partial charge in [0, 0.05) is 24.5 Å². The molecule has 1 aromatic heterocycles. The molecule has 0 radical (unpaired) electrons. The predicted molar refractivity (Wildman–Crippen MR) is 116 cm³/mol. The molecule has 3 heterocycles. The van der Waals surface area contributed by atoms with Crippen molar-refractivity contribution in [3.05, 3.63) is 17.4 Å². The van der Waals surface area contributed by atoms with Crippen molar-refractivity contribution < 1.29 is 23.6 Å². The first-order chi connectivity index (χ1) is 13.8. The van der Waals surface area contributed by atoms with E-state index >= 15 is 0 Å². The van der Waals surface area contributed by atoms with Crippen molar-refractivity contribution >= 4 is 30.3 Å². The Balaban J connectivity index is 1.59. The van der Waals surface area contributed by atoms with E-state index < -0.39 is 23.9 Å². The van der Waals surface area contributed by atoms with Crippen LogP contribution in [0.15, 0.2) is 12.3 Å². The molecule has 9 heteroatoms. The van der Waals surface area contributed by atoms with Crippen LogP contribution in [0.25, 0.3) is 0 Å². The van der Waals surface area contributed by atoms with Crippen molar-refractivity contribution in [3.8, 4) is 5.75 Å². The van der Waals surface area contributed by atoms with Crippen LogP contribution >= 0.6 is 11.6 Å². The van der Waals surface area contributed by atoms with Gasteiger partial charge >= 0.3 is 13.2 Å². The van der Waals surface area contributed by atoms with Crippen LogP contribution in [-0.2, 0) is 14.0 Å². The summed E-state index contributed by atoms with van der Waals surface area (Å²) in [6, 6.07) is 1.82. The molecule has 7 nitrogen and oxygen atoms in total. The molecule has 2 aliphatic heterocycles. The number of hydrogen-bond acceptors (Lipinski definition) is 6. The second-order valence-electron chi connectivity index (χ2n) is 10.0. The Kier molecular flexibility index (Phi) is 6.34. The first-order valence-corrected chi connectivity index (χ1v) is 10.8. The summed E-state index contributed by atoms with van der Waals surface area (Å²) in [7, 11) is -0.604. The molecule has 0 spiro atoms. The van der Waals surface area contributed by atoms with Gasteiger partial charge in [-0.1, -0.05) is 11.6 Å². The number of rotatable bonds is 4. The van der Waals surface area contributed by atoms with Gasteiger partial charge in [-0.05, 0) is 61.0 Å². The summed E-state index contributed by atoms with van der Waals surface area (Å²) in [5, 5.41) is 0.331. The average Bonchev–Trinajstić information content (AvgIpc) is 3.15. The van der Waals surface area contributed by atoms with Crippen LogP contribution < -0.4 is 10.2 Å². The highest BCUT2D eigenvalue weighted by molar-refractivity contribution is 6.65. The smallest absolute Gasteiger partial charge is 0.492 e. The highest BCUT2D eigenvalue weighted by Gasteiger charge is 2.52. The van der Waals surface area contributed by atoms with Crippen molar-refractivity contribution in [3.63, 3.8) is 0 Å². The van der Waals surface area contributed by atoms with Gasteiger partial charge in [0.05, 0.1) is 24.0 Å². The number of amides is 1. The minimum atomic E-state index is -0.604. The molecule has 3 rings (SSSR count). The molecule has 2 saturated heterocycles. The lowest BCUT2D eigenvalue weighted by molar-refractivity contribution is 0.00578. The monoisotopic (exact) mass is 438 g/mol. The third kappa shape index (κ3) is 5.21. The number of carbonyl (C=O) groups excluding carboxylic acids is 1. The largest absolute Gasteiger partial charge is 0.498 e. The fourth-order valence-corrected chi connectivity index (χ4v) is 3.53. The Bertz CT molecular complexity index is 780. The summed E-state index contributed by atoms with van der Waals surface area (Å²) >= 11 is 6.31. The Morgan fingerprint density at radius 2 is 1.93 bits per heavy atom. The topological polar surface area (TPSA) is 70.1 Å². The number of likely N-dealkylation sites (tertiary alicyclic amines) is 1. The lowest BCUT2D eigenvalue weighted by atomic mass is 9.80. The second kappa shape index (κ2) is 8.21. The Labute approximate surface area is 184 Å². The molecule has 0 aliphatic carbocycles. The van der Waals surface area contributed by atoms with Crippen LogP contribution in [0.2, 0.25) is 5.15 Å². The van der Waals surface area contributed by atoms with E-state index in [2.05, 4.69) is 4.98 Å². The van der Waals surface area contributed by atoms with Crippen molar-refractivity contribution in [2.45, 2.75) is 71.7 Å². The van der Waals surface area contributed by atoms with Gasteiger partial charge in [-0.3, -0.25) is 0 Å². The molecule has 2 aliphatic rings. The third-order valence-corrected chi connectivity index (χ3v) is 6.09. The van der Waals surface area contributed by atoms with Gasteiger partial charge in [-0.2, -0.15) is 0 Å². The molecule has 2 fully saturated rings. The molecular formula is C21H32BClN2O5. The van der Waals surface area contributed by atoms with Crippen LogP contribution in [0.3, 0.4) is 0 Å². The molecule has 0 bridgehead atoms. The van der Waals surface area contributed by atoms with E-state index in [0.29, 0.717) is 36.1 Å². The first kappa shape index (κ1) is 23.2. The zero-order valence-corrected chi connectivity index (χ0v) is 19.7. The van der Waals surface area contributed by atoms with Crippen molar-refractivity contribution in [2.24, 2.45) is 5.92 Å². The van der Waals surface area contributed by atoms with E-state index in [1.165, 1.54) is 0 Å². The summed E-state index contributed by atoms with van der Waals surface area (Å²) < 4.78 is 23.6. The fraction of sp³-hybridized carbons (Fsp3) is 0.714. The molecule has 0 unspecified atom stereocenters. The van der Waals surface area contributed by atoms with E-state index in [1.807, 2.05) is 54.5 Å². The maximum atomic E-state index is 12.2. The summed E-state index contributed by atoms with van der Waals surface area (Å²) in [5.41, 5.74) is -0.779. The van der Waals surface area contributed by atoms with Crippen LogP contribution in [0.5, 0.6) is 5.75 Å². The standard InChI is InChI=1S/C21H32BClN2O5/c1-19(2,3)28-18(26)25-9-8-14(12-25)13-27-15-10-16(17(23)24-11-15)22-29-20(4,5)21(6,7)30-22/h10-11,14H,8-9,12-13H2,1-7H3/t14-/m1/s1. The Morgan fingerprint density at radius 1 is 1.30 bits per heavy atom. The number of carbonyl (C=O) groups is 1. The molecule has 0 N–H and O–H groups in total. The molecule has 30 heavy (non-hydrogen) atoms. The second-order valence-corrected chi connectivity index (χ2v) is 10.4. The SMILES string of the molecule is CC(C)(C)OC(=O)N1CC[C@@H](COc2cnc(Cl)c(B3OC(C)(C)C(C)(C)O3)c2)C1. The maximum absolute atomic E-state index is 12.2. The molecular weight excluding hydrogens is 407 g/mol. The number of aromatic nitrogens is 1. The molecule has 1 atom stereocenters. The lowest BCUT2D eigenvalue weighted by Gasteiger charge is -2.32. The van der Waals surface area contributed by atoms with Gasteiger partial charge < -0.3 is 23.7 Å². The van der Waals surface area contributed by atoms with Crippen LogP contribution in [-0.4, -0.2) is 59.6 Å². The third-order valence-electron chi connectivity index (χ3n) is 5.77. The number of halogens is 1. The van der Waals surface area contributed by atoms with Gasteiger partial charge in [0.25, 0.3) is 0 Å². The Morgan fingerprint density at radius 3 is 2.53 bits per heavy atom. The van der Waals surface area contributed by atoms with Gasteiger partial charge in [-0.25, -0.2) is 9.78 Å². The zero-order valence-electron chi connectivity index (χ0n) is 19.0. The molecule has 0 saturated carbocycles. The van der Waals surface area contributed by atoms with Crippen molar-refractivity contribution in [1.29, 1.82) is 0 Å². The van der Waals surface area contributed by atoms with Gasteiger partial charge in [0.1, 0.15) is 16.5 Å². The van der Waals surface area contributed by atoms with Crippen molar-refractivity contribution in [2.75, 3.05) is 19.7 Å². The highest BCUT2D eigenvalue weighted by atomic mass is 35.5. The summed E-state index contributed by atoms with van der Waals surface area (Å²) in [6.07, 6.45) is 2.18. The highest BCUT2D eigenvalue weighted by Crippen LogP contribution is 2.37. The van der Waals surface area contributed by atoms with Crippen molar-refractivity contribution in [1.82, 2.24) is 9.88 Å². The minimum absolute atomic E-state index is 0.230. The summed E-state index contributed by atoms with van der Waals surface area (Å²) in [5.74, 6) is 0.827. The van der Waals surface area contributed by atoms with Gasteiger partial charge in [-0.15, -0.1) is 0 Å². The minimum Gasteiger partial charge on any atom is -0.492 e. The first-order valence-electron chi connectivity index (χ1n) is 10.4. The zero-order chi connectivity index (χ0) is 22.3. The fourth-order valence-electron chi connectivity index (χ4n) is 3.33. The predicted octanol–water partition coefficient (Wildman–Crippen LogP) is 3.67. The molecule has 1 amide bonds. The summed E-state index contributed by atoms with van der Waals surface area (Å²) in [6.45, 7) is 15.3. The van der Waals surface area contributed by atoms with E-state index in [1.54, 1.807) is 11.1 Å². The van der Waals surface area contributed by atoms with Crippen LogP contribution in [0.1, 0.15) is 54.9 Å². The molecule has 166 valence electrons. The number of hydrogen-bond donors (Lipinski definition) is 0. The quantitative estimate of drug-likeness (QED) is 0.528. The van der Waals surface area contributed by atoms with Crippen LogP contribution in [0.4, 0.5) is 4.79 Å². The normalized spacial score (nSPS) is 23.0. The van der Waals surface area contributed by atoms with Gasteiger partial charge in [0.15, 0.2) is 0 Å². The van der Waals surface area contributed by atoms with E-state index in [9.17, 15) is 4.79 Å². The average molecular weight is 439 g/mol. The number of pyridine rings is 1. The lowest BCUT2D eigenvalue weighted by Crippen LogP contribution is -2.41. The molecule has 0 aromatic carbocycles. The molecule has 1 aromatic rings. The maximum Gasteiger partial charge on any atom is 0.498 e. The van der Waals surface area contributed by atoms with E-state index in [4.69, 9.17) is 30.4 Å². The van der Waals surface area contributed by atoms with Crippen LogP contribution in [0, 0.1) is 5.92 Å². The van der Waals surface area contributed by atoms with Gasteiger partial charge in [0.2, 0.25) is 0 Å². The Hall–Kier alpha value is -1.51. The number of ether oxygens (including phenoxy) is 2. The number of nitrogens with zero attached hydrogens (tertiary/aromatic N) is 2. The van der Waals surface area contributed by atoms with E-state index in [0.717, 1.165) is 6.42 Å². The summed E-state index contributed by atoms with van der Waals surface area (Å²) in [4.78, 5) is 18.2.